The minimum absolute atomic E-state index is 0.463. The minimum Gasteiger partial charge on any atom is -0.382 e. The van der Waals surface area contributed by atoms with Crippen LogP contribution >= 0.6 is 0 Å². The van der Waals surface area contributed by atoms with Crippen molar-refractivity contribution in [3.05, 3.63) is 35.4 Å². The Labute approximate surface area is 130 Å². The third-order valence-corrected chi connectivity index (χ3v) is 3.74. The van der Waals surface area contributed by atoms with E-state index >= 15 is 0 Å². The molecule has 0 saturated carbocycles. The number of hydrogen-bond acceptors (Lipinski definition) is 3. The maximum absolute atomic E-state index is 5.46. The lowest BCUT2D eigenvalue weighted by atomic mass is 10.0. The topological polar surface area (TPSA) is 30.5 Å². The number of unbranched alkanes of at least 4 members (excludes halogenated alkanes) is 1. The Balaban J connectivity index is 2.18. The van der Waals surface area contributed by atoms with Gasteiger partial charge in [0.2, 0.25) is 0 Å². The average Bonchev–Trinajstić information content (AvgIpc) is 2.54. The molecule has 0 spiro atoms. The fourth-order valence-corrected chi connectivity index (χ4v) is 2.33. The maximum Gasteiger partial charge on any atom is 0.0700 e. The molecule has 1 aromatic carbocycles. The molecule has 1 atom stereocenters. The van der Waals surface area contributed by atoms with E-state index in [1.165, 1.54) is 11.1 Å². The number of benzene rings is 1. The molecule has 0 aliphatic heterocycles. The van der Waals surface area contributed by atoms with E-state index in [4.69, 9.17) is 9.47 Å². The molecule has 1 N–H and O–H groups in total. The SMILES string of the molecule is CCc1ccc(C(CC)NCCCCOCCOC)cc1. The number of ether oxygens (including phenoxy) is 2. The van der Waals surface area contributed by atoms with Gasteiger partial charge < -0.3 is 14.8 Å². The smallest absolute Gasteiger partial charge is 0.0700 e. The van der Waals surface area contributed by atoms with Gasteiger partial charge in [0, 0.05) is 19.8 Å². The second-order valence-corrected chi connectivity index (χ2v) is 5.32. The highest BCUT2D eigenvalue weighted by Crippen LogP contribution is 2.17. The summed E-state index contributed by atoms with van der Waals surface area (Å²) in [5, 5.41) is 3.65. The van der Waals surface area contributed by atoms with Gasteiger partial charge in [-0.25, -0.2) is 0 Å². The van der Waals surface area contributed by atoms with Crippen LogP contribution in [0.4, 0.5) is 0 Å². The zero-order chi connectivity index (χ0) is 15.3. The molecule has 1 aromatic rings. The fourth-order valence-electron chi connectivity index (χ4n) is 2.33. The molecule has 0 aliphatic carbocycles. The van der Waals surface area contributed by atoms with Gasteiger partial charge >= 0.3 is 0 Å². The summed E-state index contributed by atoms with van der Waals surface area (Å²) >= 11 is 0. The third-order valence-electron chi connectivity index (χ3n) is 3.74. The molecule has 0 aromatic heterocycles. The molecule has 120 valence electrons. The van der Waals surface area contributed by atoms with Crippen molar-refractivity contribution in [3.63, 3.8) is 0 Å². The van der Waals surface area contributed by atoms with Crippen LogP contribution in [0.5, 0.6) is 0 Å². The number of nitrogens with one attached hydrogen (secondary N) is 1. The van der Waals surface area contributed by atoms with E-state index in [0.29, 0.717) is 19.3 Å². The summed E-state index contributed by atoms with van der Waals surface area (Å²) in [5.74, 6) is 0. The van der Waals surface area contributed by atoms with Crippen LogP contribution in [-0.2, 0) is 15.9 Å². The highest BCUT2D eigenvalue weighted by Gasteiger charge is 2.07. The van der Waals surface area contributed by atoms with Gasteiger partial charge in [-0.2, -0.15) is 0 Å². The molecule has 0 heterocycles. The normalized spacial score (nSPS) is 12.5. The van der Waals surface area contributed by atoms with Crippen LogP contribution in [0.25, 0.3) is 0 Å². The predicted octanol–water partition coefficient (Wildman–Crippen LogP) is 3.73. The van der Waals surface area contributed by atoms with Gasteiger partial charge in [-0.3, -0.25) is 0 Å². The zero-order valence-electron chi connectivity index (χ0n) is 13.9. The lowest BCUT2D eigenvalue weighted by molar-refractivity contribution is 0.0687. The van der Waals surface area contributed by atoms with Crippen LogP contribution in [0, 0.1) is 0 Å². The van der Waals surface area contributed by atoms with Gasteiger partial charge in [0.25, 0.3) is 0 Å². The van der Waals surface area contributed by atoms with E-state index in [0.717, 1.165) is 38.8 Å². The van der Waals surface area contributed by atoms with E-state index < -0.39 is 0 Å². The van der Waals surface area contributed by atoms with Crippen LogP contribution in [0.2, 0.25) is 0 Å². The first-order valence-electron chi connectivity index (χ1n) is 8.20. The summed E-state index contributed by atoms with van der Waals surface area (Å²) in [4.78, 5) is 0. The Bertz CT molecular complexity index is 351. The number of rotatable bonds is 12. The van der Waals surface area contributed by atoms with E-state index in [-0.39, 0.29) is 0 Å². The Morgan fingerprint density at radius 3 is 2.38 bits per heavy atom. The van der Waals surface area contributed by atoms with E-state index in [2.05, 4.69) is 43.4 Å². The summed E-state index contributed by atoms with van der Waals surface area (Å²) in [7, 11) is 1.70. The lowest BCUT2D eigenvalue weighted by Gasteiger charge is -2.18. The van der Waals surface area contributed by atoms with Crippen molar-refractivity contribution >= 4 is 0 Å². The second kappa shape index (κ2) is 11.7. The first-order valence-corrected chi connectivity index (χ1v) is 8.20. The summed E-state index contributed by atoms with van der Waals surface area (Å²) < 4.78 is 10.4. The van der Waals surface area contributed by atoms with Crippen molar-refractivity contribution in [1.29, 1.82) is 0 Å². The summed E-state index contributed by atoms with van der Waals surface area (Å²) in [6.45, 7) is 7.68. The first kappa shape index (κ1) is 18.1. The predicted molar refractivity (Wildman–Crippen MR) is 88.8 cm³/mol. The van der Waals surface area contributed by atoms with Crippen LogP contribution in [0.15, 0.2) is 24.3 Å². The minimum atomic E-state index is 0.463. The van der Waals surface area contributed by atoms with Crippen molar-refractivity contribution in [2.24, 2.45) is 0 Å². The first-order chi connectivity index (χ1) is 10.3. The highest BCUT2D eigenvalue weighted by atomic mass is 16.5. The fraction of sp³-hybridized carbons (Fsp3) is 0.667. The molecular weight excluding hydrogens is 262 g/mol. The van der Waals surface area contributed by atoms with Crippen LogP contribution in [0.1, 0.15) is 50.3 Å². The van der Waals surface area contributed by atoms with E-state index in [1.807, 2.05) is 0 Å². The molecule has 0 fully saturated rings. The summed E-state index contributed by atoms with van der Waals surface area (Å²) in [6, 6.07) is 9.46. The Morgan fingerprint density at radius 1 is 1.00 bits per heavy atom. The monoisotopic (exact) mass is 293 g/mol. The van der Waals surface area contributed by atoms with Gasteiger partial charge in [-0.05, 0) is 43.4 Å². The van der Waals surface area contributed by atoms with Gasteiger partial charge in [-0.15, -0.1) is 0 Å². The standard InChI is InChI=1S/C18H31NO2/c1-4-16-8-10-17(11-9-16)18(5-2)19-12-6-7-13-21-15-14-20-3/h8-11,18-19H,4-7,12-15H2,1-3H3. The van der Waals surface area contributed by atoms with Gasteiger partial charge in [0.1, 0.15) is 0 Å². The molecule has 0 aliphatic rings. The molecule has 3 heteroatoms. The van der Waals surface area contributed by atoms with Crippen molar-refractivity contribution in [2.75, 3.05) is 33.5 Å². The Morgan fingerprint density at radius 2 is 1.76 bits per heavy atom. The average molecular weight is 293 g/mol. The maximum atomic E-state index is 5.46. The molecule has 21 heavy (non-hydrogen) atoms. The summed E-state index contributed by atoms with van der Waals surface area (Å²) in [5.41, 5.74) is 2.80. The highest BCUT2D eigenvalue weighted by molar-refractivity contribution is 5.24. The molecule has 1 rings (SSSR count). The number of methoxy groups -OCH3 is 1. The quantitative estimate of drug-likeness (QED) is 0.596. The van der Waals surface area contributed by atoms with Crippen LogP contribution in [-0.4, -0.2) is 33.5 Å². The Kier molecular flexibility index (Phi) is 10.1. The molecule has 0 radical (unpaired) electrons. The van der Waals surface area contributed by atoms with Gasteiger partial charge in [0.05, 0.1) is 13.2 Å². The molecule has 0 saturated heterocycles. The van der Waals surface area contributed by atoms with E-state index in [9.17, 15) is 0 Å². The molecule has 1 unspecified atom stereocenters. The van der Waals surface area contributed by atoms with Crippen molar-refractivity contribution in [1.82, 2.24) is 5.32 Å². The molecule has 3 nitrogen and oxygen atoms in total. The largest absolute Gasteiger partial charge is 0.382 e. The number of aryl methyl sites for hydroxylation is 1. The molecule has 0 amide bonds. The number of hydrogen-bond donors (Lipinski definition) is 1. The van der Waals surface area contributed by atoms with Gasteiger partial charge in [0.15, 0.2) is 0 Å². The van der Waals surface area contributed by atoms with Crippen molar-refractivity contribution in [3.8, 4) is 0 Å². The third kappa shape index (κ3) is 7.60. The van der Waals surface area contributed by atoms with Crippen molar-refractivity contribution < 1.29 is 9.47 Å². The summed E-state index contributed by atoms with van der Waals surface area (Å²) in [6.07, 6.45) is 4.47. The lowest BCUT2D eigenvalue weighted by Crippen LogP contribution is -2.22. The van der Waals surface area contributed by atoms with E-state index in [1.54, 1.807) is 7.11 Å². The van der Waals surface area contributed by atoms with Gasteiger partial charge in [-0.1, -0.05) is 38.1 Å². The van der Waals surface area contributed by atoms with Crippen LogP contribution < -0.4 is 5.32 Å². The molecule has 0 bridgehead atoms. The zero-order valence-corrected chi connectivity index (χ0v) is 13.9. The van der Waals surface area contributed by atoms with Crippen LogP contribution in [0.3, 0.4) is 0 Å². The second-order valence-electron chi connectivity index (χ2n) is 5.32. The Hall–Kier alpha value is -0.900. The van der Waals surface area contributed by atoms with Crippen molar-refractivity contribution in [2.45, 2.75) is 45.6 Å². The molecular formula is C18H31NO2.